The lowest BCUT2D eigenvalue weighted by atomic mass is 9.89. The third-order valence-electron chi connectivity index (χ3n) is 4.76. The second-order valence-corrected chi connectivity index (χ2v) is 6.59. The third-order valence-corrected chi connectivity index (χ3v) is 4.76. The summed E-state index contributed by atoms with van der Waals surface area (Å²) in [7, 11) is 1.58. The van der Waals surface area contributed by atoms with Crippen LogP contribution in [0.25, 0.3) is 0 Å². The minimum atomic E-state index is -0.947. The molecule has 1 aliphatic rings. The van der Waals surface area contributed by atoms with Crippen LogP contribution in [0.2, 0.25) is 0 Å². The van der Waals surface area contributed by atoms with Crippen molar-refractivity contribution < 1.29 is 19.1 Å². The minimum Gasteiger partial charge on any atom is -0.493 e. The van der Waals surface area contributed by atoms with Gasteiger partial charge in [-0.1, -0.05) is 31.7 Å². The smallest absolute Gasteiger partial charge is 0.315 e. The lowest BCUT2D eigenvalue weighted by Gasteiger charge is -2.30. The zero-order valence-corrected chi connectivity index (χ0v) is 15.6. The van der Waals surface area contributed by atoms with E-state index < -0.39 is 11.4 Å². The Balaban J connectivity index is 1.99. The molecule has 0 aromatic heterocycles. The number of hydrogen-bond acceptors (Lipinski definition) is 4. The molecule has 0 atom stereocenters. The molecule has 0 spiro atoms. The Morgan fingerprint density at radius 1 is 1.15 bits per heavy atom. The molecule has 1 aromatic rings. The summed E-state index contributed by atoms with van der Waals surface area (Å²) in [6.45, 7) is 2.73. The van der Waals surface area contributed by atoms with E-state index in [1.165, 1.54) is 0 Å². The highest BCUT2D eigenvalue weighted by atomic mass is 16.5. The number of nitrogens with two attached hydrogens (primary N) is 1. The number of carbonyl (C=O) groups excluding carboxylic acids is 2. The van der Waals surface area contributed by atoms with Gasteiger partial charge in [-0.2, -0.15) is 0 Å². The fourth-order valence-corrected chi connectivity index (χ4v) is 3.31. The average molecular weight is 363 g/mol. The van der Waals surface area contributed by atoms with Gasteiger partial charge >= 0.3 is 6.03 Å². The van der Waals surface area contributed by atoms with Gasteiger partial charge in [-0.05, 0) is 37.5 Å². The van der Waals surface area contributed by atoms with E-state index in [1.807, 2.05) is 19.1 Å². The van der Waals surface area contributed by atoms with Crippen LogP contribution in [0.3, 0.4) is 0 Å². The Morgan fingerprint density at radius 3 is 2.42 bits per heavy atom. The summed E-state index contributed by atoms with van der Waals surface area (Å²) >= 11 is 0. The van der Waals surface area contributed by atoms with Crippen molar-refractivity contribution in [3.05, 3.63) is 23.8 Å². The molecule has 26 heavy (non-hydrogen) atoms. The Labute approximate surface area is 154 Å². The van der Waals surface area contributed by atoms with E-state index >= 15 is 0 Å². The van der Waals surface area contributed by atoms with Crippen molar-refractivity contribution >= 4 is 11.9 Å². The van der Waals surface area contributed by atoms with Crippen molar-refractivity contribution in [1.82, 2.24) is 10.6 Å². The largest absolute Gasteiger partial charge is 0.493 e. The minimum absolute atomic E-state index is 0.310. The third kappa shape index (κ3) is 5.03. The summed E-state index contributed by atoms with van der Waals surface area (Å²) in [4.78, 5) is 24.3. The highest BCUT2D eigenvalue weighted by Gasteiger charge is 2.38. The van der Waals surface area contributed by atoms with Crippen molar-refractivity contribution in [1.29, 1.82) is 0 Å². The fraction of sp³-hybridized carbons (Fsp3) is 0.579. The molecule has 0 heterocycles. The number of amides is 3. The zero-order chi connectivity index (χ0) is 19.0. The number of carbonyl (C=O) groups is 2. The van der Waals surface area contributed by atoms with Gasteiger partial charge in [0.1, 0.15) is 5.54 Å². The molecular formula is C19H29N3O4. The van der Waals surface area contributed by atoms with Crippen LogP contribution in [-0.4, -0.2) is 31.2 Å². The Hall–Kier alpha value is -2.44. The van der Waals surface area contributed by atoms with Gasteiger partial charge in [-0.25, -0.2) is 4.79 Å². The number of ether oxygens (including phenoxy) is 2. The van der Waals surface area contributed by atoms with Gasteiger partial charge < -0.3 is 25.8 Å². The van der Waals surface area contributed by atoms with E-state index in [4.69, 9.17) is 15.2 Å². The van der Waals surface area contributed by atoms with Crippen LogP contribution < -0.4 is 25.8 Å². The maximum absolute atomic E-state index is 12.4. The number of primary amides is 1. The van der Waals surface area contributed by atoms with Crippen LogP contribution in [0.1, 0.15) is 51.0 Å². The van der Waals surface area contributed by atoms with Gasteiger partial charge in [-0.3, -0.25) is 4.79 Å². The van der Waals surface area contributed by atoms with Gasteiger partial charge in [0.15, 0.2) is 11.5 Å². The SMILES string of the molecule is CCOc1cc(CNC(=O)NC2(C(N)=O)CCCCCC2)ccc1OC. The molecule has 7 nitrogen and oxygen atoms in total. The Morgan fingerprint density at radius 2 is 1.85 bits per heavy atom. The summed E-state index contributed by atoms with van der Waals surface area (Å²) < 4.78 is 10.8. The lowest BCUT2D eigenvalue weighted by molar-refractivity contribution is -0.124. The summed E-state index contributed by atoms with van der Waals surface area (Å²) in [6.07, 6.45) is 5.08. The van der Waals surface area contributed by atoms with Gasteiger partial charge in [0.2, 0.25) is 5.91 Å². The molecule has 0 radical (unpaired) electrons. The van der Waals surface area contributed by atoms with E-state index in [2.05, 4.69) is 10.6 Å². The summed E-state index contributed by atoms with van der Waals surface area (Å²) in [5.74, 6) is 0.816. The van der Waals surface area contributed by atoms with Crippen LogP contribution in [0.4, 0.5) is 4.79 Å². The van der Waals surface area contributed by atoms with Gasteiger partial charge in [0.25, 0.3) is 0 Å². The van der Waals surface area contributed by atoms with Crippen LogP contribution in [0.5, 0.6) is 11.5 Å². The molecule has 4 N–H and O–H groups in total. The maximum Gasteiger partial charge on any atom is 0.315 e. The molecule has 2 rings (SSSR count). The molecule has 0 aliphatic heterocycles. The summed E-state index contributed by atoms with van der Waals surface area (Å²) in [5.41, 5.74) is 5.53. The van der Waals surface area contributed by atoms with E-state index in [-0.39, 0.29) is 6.03 Å². The second-order valence-electron chi connectivity index (χ2n) is 6.59. The van der Waals surface area contributed by atoms with E-state index in [9.17, 15) is 9.59 Å². The first-order valence-electron chi connectivity index (χ1n) is 9.16. The van der Waals surface area contributed by atoms with Crippen LogP contribution >= 0.6 is 0 Å². The molecule has 0 bridgehead atoms. The lowest BCUT2D eigenvalue weighted by Crippen LogP contribution is -2.59. The molecule has 0 unspecified atom stereocenters. The van der Waals surface area contributed by atoms with Crippen molar-refractivity contribution in [3.63, 3.8) is 0 Å². The molecule has 1 aromatic carbocycles. The number of rotatable bonds is 7. The predicted molar refractivity (Wildman–Crippen MR) is 99.2 cm³/mol. The number of hydrogen-bond donors (Lipinski definition) is 3. The van der Waals surface area contributed by atoms with E-state index in [1.54, 1.807) is 13.2 Å². The van der Waals surface area contributed by atoms with Crippen molar-refractivity contribution in [2.45, 2.75) is 57.5 Å². The standard InChI is InChI=1S/C19H29N3O4/c1-3-26-16-12-14(8-9-15(16)25-2)13-21-18(24)22-19(17(20)23)10-6-4-5-7-11-19/h8-9,12H,3-7,10-11,13H2,1-2H3,(H2,20,23)(H2,21,22,24). The molecule has 1 saturated carbocycles. The highest BCUT2D eigenvalue weighted by Crippen LogP contribution is 2.28. The predicted octanol–water partition coefficient (Wildman–Crippen LogP) is 2.47. The number of nitrogens with one attached hydrogen (secondary N) is 2. The fourth-order valence-electron chi connectivity index (χ4n) is 3.31. The van der Waals surface area contributed by atoms with Gasteiger partial charge in [-0.15, -0.1) is 0 Å². The van der Waals surface area contributed by atoms with Gasteiger partial charge in [0.05, 0.1) is 13.7 Å². The van der Waals surface area contributed by atoms with Crippen LogP contribution in [0, 0.1) is 0 Å². The molecule has 0 saturated heterocycles. The topological polar surface area (TPSA) is 103 Å². The summed E-state index contributed by atoms with van der Waals surface area (Å²) in [6, 6.07) is 5.10. The van der Waals surface area contributed by atoms with Crippen molar-refractivity contribution in [2.24, 2.45) is 5.73 Å². The van der Waals surface area contributed by atoms with Crippen LogP contribution in [-0.2, 0) is 11.3 Å². The molecule has 7 heteroatoms. The maximum atomic E-state index is 12.4. The van der Waals surface area contributed by atoms with Crippen LogP contribution in [0.15, 0.2) is 18.2 Å². The molecule has 1 aliphatic carbocycles. The van der Waals surface area contributed by atoms with Crippen molar-refractivity contribution in [2.75, 3.05) is 13.7 Å². The molecule has 1 fully saturated rings. The number of benzene rings is 1. The first-order valence-corrected chi connectivity index (χ1v) is 9.16. The second kappa shape index (κ2) is 9.31. The molecular weight excluding hydrogens is 334 g/mol. The quantitative estimate of drug-likeness (QED) is 0.648. The first-order chi connectivity index (χ1) is 12.5. The zero-order valence-electron chi connectivity index (χ0n) is 15.6. The average Bonchev–Trinajstić information content (AvgIpc) is 2.87. The van der Waals surface area contributed by atoms with E-state index in [0.29, 0.717) is 37.5 Å². The summed E-state index contributed by atoms with van der Waals surface area (Å²) in [5, 5.41) is 5.62. The first kappa shape index (κ1) is 19.9. The monoisotopic (exact) mass is 363 g/mol. The van der Waals surface area contributed by atoms with Gasteiger partial charge in [0, 0.05) is 6.54 Å². The number of urea groups is 1. The Bertz CT molecular complexity index is 625. The van der Waals surface area contributed by atoms with Crippen molar-refractivity contribution in [3.8, 4) is 11.5 Å². The highest BCUT2D eigenvalue weighted by molar-refractivity contribution is 5.89. The number of methoxy groups -OCH3 is 1. The molecule has 3 amide bonds. The normalized spacial score (nSPS) is 16.2. The Kier molecular flexibility index (Phi) is 7.12. The van der Waals surface area contributed by atoms with E-state index in [0.717, 1.165) is 31.2 Å². The molecule has 144 valence electrons.